The van der Waals surface area contributed by atoms with Crippen molar-refractivity contribution < 1.29 is 14.6 Å². The summed E-state index contributed by atoms with van der Waals surface area (Å²) < 4.78 is 12.0. The molecule has 0 aliphatic carbocycles. The molecule has 0 spiro atoms. The molecular weight excluding hydrogens is 432 g/mol. The highest BCUT2D eigenvalue weighted by Gasteiger charge is 2.28. The molecule has 6 heteroatoms. The predicted molar refractivity (Wildman–Crippen MR) is 115 cm³/mol. The molecule has 2 aliphatic rings. The van der Waals surface area contributed by atoms with Gasteiger partial charge in [-0.25, -0.2) is 0 Å². The maximum absolute atomic E-state index is 10.4. The number of aliphatic imine (C=N–C) groups is 1. The fourth-order valence-electron chi connectivity index (χ4n) is 3.75. The number of nitrogens with one attached hydrogen (secondary N) is 1. The van der Waals surface area contributed by atoms with Crippen molar-refractivity contribution in [3.8, 4) is 17.2 Å². The molecule has 0 saturated carbocycles. The van der Waals surface area contributed by atoms with Gasteiger partial charge in [0.2, 0.25) is 6.79 Å². The van der Waals surface area contributed by atoms with Gasteiger partial charge in [-0.3, -0.25) is 10.3 Å². The van der Waals surface area contributed by atoms with E-state index < -0.39 is 0 Å². The molecule has 0 fully saturated rings. The number of hydrogen-bond acceptors (Lipinski definition) is 5. The standard InChI is InChI=1S/C23H19BrN2O3/c24-16-8-5-14(6-9-16)23-25-18(15-7-10-21-22(11-15)29-13-28-21)12-19(26-23)17-3-1-2-4-20(17)27/h1-11,19,23,26-27H,12-13H2/t19-,23-/m0/s1. The van der Waals surface area contributed by atoms with E-state index in [4.69, 9.17) is 14.5 Å². The zero-order valence-electron chi connectivity index (χ0n) is 15.5. The minimum absolute atomic E-state index is 0.0669. The second-order valence-electron chi connectivity index (χ2n) is 7.08. The molecule has 2 N–H and O–H groups in total. The Morgan fingerprint density at radius 2 is 1.76 bits per heavy atom. The van der Waals surface area contributed by atoms with E-state index in [0.29, 0.717) is 6.42 Å². The number of hydrogen-bond donors (Lipinski definition) is 2. The van der Waals surface area contributed by atoms with Crippen LogP contribution in [-0.2, 0) is 0 Å². The lowest BCUT2D eigenvalue weighted by atomic mass is 9.93. The second-order valence-corrected chi connectivity index (χ2v) is 8.00. The first-order chi connectivity index (χ1) is 14.2. The molecule has 0 saturated heterocycles. The van der Waals surface area contributed by atoms with Gasteiger partial charge in [0.15, 0.2) is 11.5 Å². The number of ether oxygens (including phenoxy) is 2. The zero-order valence-corrected chi connectivity index (χ0v) is 17.1. The maximum Gasteiger partial charge on any atom is 0.231 e. The first-order valence-electron chi connectivity index (χ1n) is 9.43. The summed E-state index contributed by atoms with van der Waals surface area (Å²) in [4.78, 5) is 5.00. The number of fused-ring (bicyclic) bond motifs is 1. The summed E-state index contributed by atoms with van der Waals surface area (Å²) in [7, 11) is 0. The number of aromatic hydroxyl groups is 1. The minimum atomic E-state index is -0.220. The molecule has 0 bridgehead atoms. The third-order valence-electron chi connectivity index (χ3n) is 5.25. The molecule has 29 heavy (non-hydrogen) atoms. The van der Waals surface area contributed by atoms with Gasteiger partial charge < -0.3 is 14.6 Å². The van der Waals surface area contributed by atoms with Gasteiger partial charge in [0, 0.05) is 28.2 Å². The summed E-state index contributed by atoms with van der Waals surface area (Å²) in [6, 6.07) is 21.4. The molecule has 0 amide bonds. The summed E-state index contributed by atoms with van der Waals surface area (Å²) in [5.41, 5.74) is 3.89. The summed E-state index contributed by atoms with van der Waals surface area (Å²) in [5.74, 6) is 1.78. The average Bonchev–Trinajstić information content (AvgIpc) is 3.22. The van der Waals surface area contributed by atoms with Crippen LogP contribution in [0.2, 0.25) is 0 Å². The lowest BCUT2D eigenvalue weighted by Gasteiger charge is -2.31. The van der Waals surface area contributed by atoms with E-state index in [2.05, 4.69) is 33.4 Å². The number of phenols is 1. The summed E-state index contributed by atoms with van der Waals surface area (Å²) in [5, 5.41) is 14.0. The molecule has 3 aromatic rings. The average molecular weight is 451 g/mol. The van der Waals surface area contributed by atoms with Crippen LogP contribution < -0.4 is 14.8 Å². The van der Waals surface area contributed by atoms with E-state index in [1.807, 2.05) is 48.5 Å². The van der Waals surface area contributed by atoms with Crippen molar-refractivity contribution in [2.45, 2.75) is 18.6 Å². The lowest BCUT2D eigenvalue weighted by molar-refractivity contribution is 0.174. The topological polar surface area (TPSA) is 63.1 Å². The third-order valence-corrected chi connectivity index (χ3v) is 5.77. The summed E-state index contributed by atoms with van der Waals surface area (Å²) in [6.45, 7) is 0.245. The van der Waals surface area contributed by atoms with Gasteiger partial charge in [0.1, 0.15) is 11.9 Å². The van der Waals surface area contributed by atoms with E-state index in [-0.39, 0.29) is 24.8 Å². The monoisotopic (exact) mass is 450 g/mol. The first kappa shape index (κ1) is 18.2. The van der Waals surface area contributed by atoms with E-state index in [0.717, 1.165) is 38.4 Å². The Hall–Kier alpha value is -2.83. The molecule has 2 atom stereocenters. The molecule has 3 aromatic carbocycles. The first-order valence-corrected chi connectivity index (χ1v) is 10.2. The van der Waals surface area contributed by atoms with Crippen molar-refractivity contribution in [1.29, 1.82) is 0 Å². The maximum atomic E-state index is 10.4. The van der Waals surface area contributed by atoms with Gasteiger partial charge in [-0.05, 0) is 47.5 Å². The van der Waals surface area contributed by atoms with Crippen LogP contribution in [0.25, 0.3) is 0 Å². The van der Waals surface area contributed by atoms with E-state index in [1.165, 1.54) is 0 Å². The molecular formula is C23H19BrN2O3. The Morgan fingerprint density at radius 1 is 0.966 bits per heavy atom. The van der Waals surface area contributed by atoms with Crippen LogP contribution in [0, 0.1) is 0 Å². The molecule has 2 heterocycles. The molecule has 5 nitrogen and oxygen atoms in total. The van der Waals surface area contributed by atoms with Gasteiger partial charge in [-0.15, -0.1) is 0 Å². The predicted octanol–water partition coefficient (Wildman–Crippen LogP) is 5.11. The number of phenolic OH excluding ortho intramolecular Hbond substituents is 1. The van der Waals surface area contributed by atoms with Crippen molar-refractivity contribution in [2.75, 3.05) is 6.79 Å². The van der Waals surface area contributed by atoms with Gasteiger partial charge in [0.25, 0.3) is 0 Å². The molecule has 2 aliphatic heterocycles. The zero-order chi connectivity index (χ0) is 19.8. The molecule has 0 unspecified atom stereocenters. The lowest BCUT2D eigenvalue weighted by Crippen LogP contribution is -2.33. The Labute approximate surface area is 177 Å². The number of benzene rings is 3. The fourth-order valence-corrected chi connectivity index (χ4v) is 4.02. The van der Waals surface area contributed by atoms with Crippen LogP contribution in [0.4, 0.5) is 0 Å². The quantitative estimate of drug-likeness (QED) is 0.582. The molecule has 0 aromatic heterocycles. The number of rotatable bonds is 3. The Balaban J connectivity index is 1.56. The summed E-state index contributed by atoms with van der Waals surface area (Å²) in [6.07, 6.45) is 0.437. The van der Waals surface area contributed by atoms with Gasteiger partial charge >= 0.3 is 0 Å². The van der Waals surface area contributed by atoms with Gasteiger partial charge in [-0.1, -0.05) is 46.3 Å². The van der Waals surface area contributed by atoms with Crippen LogP contribution in [0.3, 0.4) is 0 Å². The number of nitrogens with zero attached hydrogens (tertiary/aromatic N) is 1. The molecule has 146 valence electrons. The van der Waals surface area contributed by atoms with Crippen molar-refractivity contribution in [3.05, 3.63) is 87.9 Å². The van der Waals surface area contributed by atoms with Crippen LogP contribution in [-0.4, -0.2) is 17.6 Å². The third kappa shape index (κ3) is 3.61. The molecule has 5 rings (SSSR count). The van der Waals surface area contributed by atoms with Gasteiger partial charge in [0.05, 0.1) is 0 Å². The van der Waals surface area contributed by atoms with Crippen LogP contribution in [0.15, 0.2) is 76.2 Å². The fraction of sp³-hybridized carbons (Fsp3) is 0.174. The van der Waals surface area contributed by atoms with Crippen LogP contribution in [0.1, 0.15) is 35.3 Å². The van der Waals surface area contributed by atoms with Crippen LogP contribution in [0.5, 0.6) is 17.2 Å². The van der Waals surface area contributed by atoms with E-state index >= 15 is 0 Å². The van der Waals surface area contributed by atoms with Crippen molar-refractivity contribution >= 4 is 21.6 Å². The second kappa shape index (κ2) is 7.54. The smallest absolute Gasteiger partial charge is 0.231 e. The SMILES string of the molecule is Oc1ccccc1[C@@H]1CC(c2ccc3c(c2)OCO3)=N[C@H](c2ccc(Br)cc2)N1. The van der Waals surface area contributed by atoms with E-state index in [9.17, 15) is 5.11 Å². The summed E-state index contributed by atoms with van der Waals surface area (Å²) >= 11 is 3.49. The number of halogens is 1. The Bertz CT molecular complexity index is 1080. The highest BCUT2D eigenvalue weighted by Crippen LogP contribution is 2.37. The van der Waals surface area contributed by atoms with Crippen LogP contribution >= 0.6 is 15.9 Å². The van der Waals surface area contributed by atoms with E-state index in [1.54, 1.807) is 6.07 Å². The highest BCUT2D eigenvalue weighted by atomic mass is 79.9. The molecule has 0 radical (unpaired) electrons. The van der Waals surface area contributed by atoms with Crippen molar-refractivity contribution in [2.24, 2.45) is 4.99 Å². The largest absolute Gasteiger partial charge is 0.508 e. The van der Waals surface area contributed by atoms with Crippen molar-refractivity contribution in [3.63, 3.8) is 0 Å². The highest BCUT2D eigenvalue weighted by molar-refractivity contribution is 9.10. The number of para-hydroxylation sites is 1. The normalized spacial score (nSPS) is 20.4. The minimum Gasteiger partial charge on any atom is -0.508 e. The Morgan fingerprint density at radius 3 is 2.59 bits per heavy atom. The van der Waals surface area contributed by atoms with Gasteiger partial charge in [-0.2, -0.15) is 0 Å². The Kier molecular flexibility index (Phi) is 4.73. The van der Waals surface area contributed by atoms with Crippen molar-refractivity contribution in [1.82, 2.24) is 5.32 Å².